The number of hydrogen-bond acceptors (Lipinski definition) is 5. The summed E-state index contributed by atoms with van der Waals surface area (Å²) in [6.07, 6.45) is 2.44. The van der Waals surface area contributed by atoms with Gasteiger partial charge in [0, 0.05) is 17.2 Å². The first-order valence-electron chi connectivity index (χ1n) is 6.05. The zero-order valence-corrected chi connectivity index (χ0v) is 12.4. The Labute approximate surface area is 121 Å². The average Bonchev–Trinajstić information content (AvgIpc) is 2.84. The highest BCUT2D eigenvalue weighted by atomic mass is 35.7. The molecule has 2 rings (SSSR count). The quantitative estimate of drug-likeness (QED) is 0.764. The van der Waals surface area contributed by atoms with Gasteiger partial charge in [-0.15, -0.1) is 0 Å². The summed E-state index contributed by atoms with van der Waals surface area (Å²) >= 11 is 0. The van der Waals surface area contributed by atoms with Crippen LogP contribution >= 0.6 is 10.7 Å². The fourth-order valence-electron chi connectivity index (χ4n) is 1.64. The molecule has 0 spiro atoms. The lowest BCUT2D eigenvalue weighted by molar-refractivity contribution is 0.286. The number of ether oxygens (including phenoxy) is 1. The lowest BCUT2D eigenvalue weighted by Gasteiger charge is -2.07. The zero-order valence-electron chi connectivity index (χ0n) is 10.9. The van der Waals surface area contributed by atoms with Crippen LogP contribution in [0, 0.1) is 0 Å². The van der Waals surface area contributed by atoms with Gasteiger partial charge in [-0.1, -0.05) is 6.92 Å². The third-order valence-corrected chi connectivity index (χ3v) is 3.97. The van der Waals surface area contributed by atoms with E-state index in [1.807, 2.05) is 0 Å². The van der Waals surface area contributed by atoms with E-state index >= 15 is 0 Å². The maximum atomic E-state index is 11.1. The summed E-state index contributed by atoms with van der Waals surface area (Å²) in [6.45, 7) is 3.10. The predicted octanol–water partition coefficient (Wildman–Crippen LogP) is 2.19. The van der Waals surface area contributed by atoms with Gasteiger partial charge in [0.2, 0.25) is 0 Å². The topological polar surface area (TPSA) is 74.1 Å². The Kier molecular flexibility index (Phi) is 4.61. The monoisotopic (exact) mass is 315 g/mol. The summed E-state index contributed by atoms with van der Waals surface area (Å²) in [6, 6.07) is 5.90. The second-order valence-electron chi connectivity index (χ2n) is 4.10. The molecule has 1 aromatic carbocycles. The van der Waals surface area contributed by atoms with Crippen LogP contribution in [0.15, 0.2) is 35.5 Å². The van der Waals surface area contributed by atoms with Crippen molar-refractivity contribution in [2.24, 2.45) is 0 Å². The molecule has 1 heterocycles. The van der Waals surface area contributed by atoms with Crippen molar-refractivity contribution in [2.45, 2.75) is 31.4 Å². The Balaban J connectivity index is 2.02. The average molecular weight is 316 g/mol. The van der Waals surface area contributed by atoms with Gasteiger partial charge < -0.3 is 4.74 Å². The molecule has 0 aliphatic rings. The number of hydrogen-bond donors (Lipinski definition) is 0. The Morgan fingerprint density at radius 1 is 1.30 bits per heavy atom. The van der Waals surface area contributed by atoms with Crippen LogP contribution in [0.4, 0.5) is 0 Å². The summed E-state index contributed by atoms with van der Waals surface area (Å²) in [4.78, 5) is 4.16. The van der Waals surface area contributed by atoms with Gasteiger partial charge >= 0.3 is 0 Å². The summed E-state index contributed by atoms with van der Waals surface area (Å²) in [5.41, 5.74) is 0. The maximum absolute atomic E-state index is 11.1. The summed E-state index contributed by atoms with van der Waals surface area (Å²) in [7, 11) is 1.53. The second-order valence-corrected chi connectivity index (χ2v) is 6.66. The van der Waals surface area contributed by atoms with Crippen molar-refractivity contribution in [3.8, 4) is 5.75 Å². The van der Waals surface area contributed by atoms with Gasteiger partial charge in [0.15, 0.2) is 5.82 Å². The van der Waals surface area contributed by atoms with E-state index < -0.39 is 9.05 Å². The summed E-state index contributed by atoms with van der Waals surface area (Å²) in [5, 5.41) is 4.09. The van der Waals surface area contributed by atoms with Crippen LogP contribution < -0.4 is 4.74 Å². The van der Waals surface area contributed by atoms with E-state index in [-0.39, 0.29) is 11.5 Å². The minimum Gasteiger partial charge on any atom is -0.486 e. The molecule has 0 radical (unpaired) electrons. The molecule has 0 amide bonds. The van der Waals surface area contributed by atoms with Crippen LogP contribution in [0.2, 0.25) is 0 Å². The van der Waals surface area contributed by atoms with Gasteiger partial charge in [-0.25, -0.2) is 18.1 Å². The number of benzene rings is 1. The number of nitrogens with zero attached hydrogens (tertiary/aromatic N) is 3. The van der Waals surface area contributed by atoms with Crippen LogP contribution in [0.3, 0.4) is 0 Å². The van der Waals surface area contributed by atoms with Crippen LogP contribution in [0.1, 0.15) is 19.2 Å². The van der Waals surface area contributed by atoms with E-state index in [0.29, 0.717) is 5.75 Å². The van der Waals surface area contributed by atoms with Crippen molar-refractivity contribution in [1.82, 2.24) is 14.8 Å². The molecule has 0 aliphatic heterocycles. The lowest BCUT2D eigenvalue weighted by Crippen LogP contribution is -2.08. The second kappa shape index (κ2) is 6.23. The van der Waals surface area contributed by atoms with Gasteiger partial charge in [-0.3, -0.25) is 0 Å². The Hall–Kier alpha value is -1.60. The molecule has 0 unspecified atom stereocenters. The first-order chi connectivity index (χ1) is 9.50. The van der Waals surface area contributed by atoms with Crippen LogP contribution in [0.5, 0.6) is 5.75 Å². The molecular weight excluding hydrogens is 302 g/mol. The zero-order chi connectivity index (χ0) is 14.6. The minimum atomic E-state index is -3.70. The van der Waals surface area contributed by atoms with Gasteiger partial charge in [0.1, 0.15) is 18.7 Å². The van der Waals surface area contributed by atoms with E-state index in [1.165, 1.54) is 18.5 Å². The van der Waals surface area contributed by atoms with Crippen molar-refractivity contribution in [3.63, 3.8) is 0 Å². The molecule has 1 aromatic heterocycles. The lowest BCUT2D eigenvalue weighted by atomic mass is 10.3. The van der Waals surface area contributed by atoms with Crippen molar-refractivity contribution >= 4 is 19.7 Å². The third kappa shape index (κ3) is 3.71. The summed E-state index contributed by atoms with van der Waals surface area (Å²) in [5.74, 6) is 1.26. The number of aryl methyl sites for hydroxylation is 1. The van der Waals surface area contributed by atoms with Crippen molar-refractivity contribution < 1.29 is 13.2 Å². The fourth-order valence-corrected chi connectivity index (χ4v) is 2.41. The molecule has 6 nitrogen and oxygen atoms in total. The molecule has 108 valence electrons. The standard InChI is InChI=1S/C12H14ClN3O3S/c1-2-7-16-12(14-9-15-16)8-19-10-3-5-11(6-4-10)20(13,17)18/h3-6,9H,2,7-8H2,1H3. The Bertz CT molecular complexity index is 668. The molecule has 0 saturated heterocycles. The SMILES string of the molecule is CCCn1ncnc1COc1ccc(S(=O)(=O)Cl)cc1. The van der Waals surface area contributed by atoms with E-state index in [0.717, 1.165) is 18.8 Å². The van der Waals surface area contributed by atoms with Crippen LogP contribution in [-0.2, 0) is 22.2 Å². The molecule has 0 atom stereocenters. The third-order valence-electron chi connectivity index (χ3n) is 2.60. The molecule has 20 heavy (non-hydrogen) atoms. The fraction of sp³-hybridized carbons (Fsp3) is 0.333. The number of halogens is 1. The van der Waals surface area contributed by atoms with Crippen molar-refractivity contribution in [3.05, 3.63) is 36.4 Å². The Morgan fingerprint density at radius 2 is 2.00 bits per heavy atom. The highest BCUT2D eigenvalue weighted by Crippen LogP contribution is 2.19. The van der Waals surface area contributed by atoms with Crippen molar-refractivity contribution in [2.75, 3.05) is 0 Å². The van der Waals surface area contributed by atoms with Gasteiger partial charge in [0.25, 0.3) is 9.05 Å². The molecule has 0 N–H and O–H groups in total. The highest BCUT2D eigenvalue weighted by molar-refractivity contribution is 8.13. The van der Waals surface area contributed by atoms with Gasteiger partial charge in [-0.05, 0) is 30.7 Å². The largest absolute Gasteiger partial charge is 0.486 e. The molecule has 0 fully saturated rings. The normalized spacial score (nSPS) is 11.5. The van der Waals surface area contributed by atoms with Crippen molar-refractivity contribution in [1.29, 1.82) is 0 Å². The predicted molar refractivity (Wildman–Crippen MR) is 74.1 cm³/mol. The molecule has 0 bridgehead atoms. The first kappa shape index (κ1) is 14.8. The highest BCUT2D eigenvalue weighted by Gasteiger charge is 2.10. The molecular formula is C12H14ClN3O3S. The van der Waals surface area contributed by atoms with E-state index in [1.54, 1.807) is 16.8 Å². The summed E-state index contributed by atoms with van der Waals surface area (Å²) < 4.78 is 29.5. The van der Waals surface area contributed by atoms with E-state index in [2.05, 4.69) is 17.0 Å². The minimum absolute atomic E-state index is 0.0423. The van der Waals surface area contributed by atoms with E-state index in [9.17, 15) is 8.42 Å². The molecule has 2 aromatic rings. The molecule has 8 heteroatoms. The van der Waals surface area contributed by atoms with Gasteiger partial charge in [-0.2, -0.15) is 5.10 Å². The van der Waals surface area contributed by atoms with Gasteiger partial charge in [0.05, 0.1) is 4.90 Å². The molecule has 0 aliphatic carbocycles. The number of rotatable bonds is 6. The van der Waals surface area contributed by atoms with E-state index in [4.69, 9.17) is 15.4 Å². The van der Waals surface area contributed by atoms with Crippen LogP contribution in [0.25, 0.3) is 0 Å². The molecule has 0 saturated carbocycles. The van der Waals surface area contributed by atoms with Crippen LogP contribution in [-0.4, -0.2) is 23.2 Å². The number of aromatic nitrogens is 3. The maximum Gasteiger partial charge on any atom is 0.261 e. The smallest absolute Gasteiger partial charge is 0.261 e. The Morgan fingerprint density at radius 3 is 2.60 bits per heavy atom. The first-order valence-corrected chi connectivity index (χ1v) is 8.36.